The first-order chi connectivity index (χ1) is 7.83. The number of carbonyl (C=O) groups is 1. The van der Waals surface area contributed by atoms with Crippen LogP contribution in [0.1, 0.15) is 10.4 Å². The highest BCUT2D eigenvalue weighted by Crippen LogP contribution is 2.21. The second kappa shape index (κ2) is 4.99. The molecule has 0 saturated carbocycles. The number of morpholine rings is 1. The van der Waals surface area contributed by atoms with Crippen molar-refractivity contribution in [3.8, 4) is 0 Å². The molecule has 4 heteroatoms. The topological polar surface area (TPSA) is 41.6 Å². The minimum atomic E-state index is -0.0397. The predicted molar refractivity (Wildman–Crippen MR) is 62.9 cm³/mol. The van der Waals surface area contributed by atoms with Crippen LogP contribution in [-0.2, 0) is 4.74 Å². The number of hydrogen-bond donors (Lipinski definition) is 1. The largest absolute Gasteiger partial charge is 0.378 e. The summed E-state index contributed by atoms with van der Waals surface area (Å²) in [7, 11) is 1.65. The van der Waals surface area contributed by atoms with Crippen molar-refractivity contribution in [1.82, 2.24) is 5.32 Å². The fourth-order valence-corrected chi connectivity index (χ4v) is 1.88. The minimum absolute atomic E-state index is 0.0397. The van der Waals surface area contributed by atoms with E-state index in [0.29, 0.717) is 0 Å². The van der Waals surface area contributed by atoms with Gasteiger partial charge in [0.1, 0.15) is 0 Å². The molecule has 1 heterocycles. The Morgan fingerprint density at radius 2 is 2.00 bits per heavy atom. The second-order valence-corrected chi connectivity index (χ2v) is 3.70. The van der Waals surface area contributed by atoms with Crippen LogP contribution in [0.2, 0.25) is 0 Å². The molecule has 0 bridgehead atoms. The third-order valence-corrected chi connectivity index (χ3v) is 2.73. The summed E-state index contributed by atoms with van der Waals surface area (Å²) in [5.41, 5.74) is 1.72. The van der Waals surface area contributed by atoms with Crippen LogP contribution in [0.4, 0.5) is 5.69 Å². The molecular formula is C12H16N2O2. The molecule has 0 radical (unpaired) electrons. The van der Waals surface area contributed by atoms with Gasteiger partial charge in [-0.05, 0) is 12.1 Å². The van der Waals surface area contributed by atoms with Gasteiger partial charge in [-0.1, -0.05) is 12.1 Å². The lowest BCUT2D eigenvalue weighted by Gasteiger charge is -2.30. The van der Waals surface area contributed by atoms with E-state index in [4.69, 9.17) is 4.74 Å². The number of nitrogens with one attached hydrogen (secondary N) is 1. The summed E-state index contributed by atoms with van der Waals surface area (Å²) in [5, 5.41) is 2.66. The fourth-order valence-electron chi connectivity index (χ4n) is 1.88. The van der Waals surface area contributed by atoms with Crippen LogP contribution < -0.4 is 10.2 Å². The highest BCUT2D eigenvalue weighted by Gasteiger charge is 2.17. The van der Waals surface area contributed by atoms with Crippen LogP contribution in [0.25, 0.3) is 0 Å². The Morgan fingerprint density at radius 1 is 1.31 bits per heavy atom. The zero-order valence-electron chi connectivity index (χ0n) is 9.40. The van der Waals surface area contributed by atoms with E-state index >= 15 is 0 Å². The molecule has 0 atom stereocenters. The SMILES string of the molecule is CNC(=O)c1ccccc1N1CCOCC1. The monoisotopic (exact) mass is 220 g/mol. The highest BCUT2D eigenvalue weighted by molar-refractivity contribution is 5.99. The molecule has 1 fully saturated rings. The molecule has 1 aliphatic rings. The summed E-state index contributed by atoms with van der Waals surface area (Å²) in [4.78, 5) is 13.9. The van der Waals surface area contributed by atoms with E-state index in [2.05, 4.69) is 10.2 Å². The number of anilines is 1. The molecular weight excluding hydrogens is 204 g/mol. The Hall–Kier alpha value is -1.55. The Balaban J connectivity index is 2.28. The number of benzene rings is 1. The summed E-state index contributed by atoms with van der Waals surface area (Å²) in [6.45, 7) is 3.13. The van der Waals surface area contributed by atoms with E-state index in [1.807, 2.05) is 24.3 Å². The summed E-state index contributed by atoms with van der Waals surface area (Å²) in [6, 6.07) is 7.67. The zero-order valence-corrected chi connectivity index (χ0v) is 9.40. The van der Waals surface area contributed by atoms with Gasteiger partial charge in [-0.3, -0.25) is 4.79 Å². The average molecular weight is 220 g/mol. The number of hydrogen-bond acceptors (Lipinski definition) is 3. The molecule has 2 rings (SSSR count). The molecule has 1 saturated heterocycles. The van der Waals surface area contributed by atoms with Gasteiger partial charge in [-0.25, -0.2) is 0 Å². The van der Waals surface area contributed by atoms with Crippen molar-refractivity contribution >= 4 is 11.6 Å². The lowest BCUT2D eigenvalue weighted by molar-refractivity contribution is 0.0961. The molecule has 0 aliphatic carbocycles. The number of nitrogens with zero attached hydrogens (tertiary/aromatic N) is 1. The van der Waals surface area contributed by atoms with E-state index in [1.165, 1.54) is 0 Å². The van der Waals surface area contributed by atoms with Crippen LogP contribution in [-0.4, -0.2) is 39.3 Å². The molecule has 1 amide bonds. The van der Waals surface area contributed by atoms with Crippen molar-refractivity contribution in [2.75, 3.05) is 38.3 Å². The lowest BCUT2D eigenvalue weighted by atomic mass is 10.1. The van der Waals surface area contributed by atoms with Crippen molar-refractivity contribution in [3.63, 3.8) is 0 Å². The summed E-state index contributed by atoms with van der Waals surface area (Å²) in [6.07, 6.45) is 0. The van der Waals surface area contributed by atoms with E-state index in [1.54, 1.807) is 7.05 Å². The molecule has 0 unspecified atom stereocenters. The smallest absolute Gasteiger partial charge is 0.253 e. The van der Waals surface area contributed by atoms with Gasteiger partial charge in [0.15, 0.2) is 0 Å². The number of para-hydroxylation sites is 1. The summed E-state index contributed by atoms with van der Waals surface area (Å²) >= 11 is 0. The zero-order chi connectivity index (χ0) is 11.4. The molecule has 1 aromatic rings. The molecule has 1 aliphatic heterocycles. The molecule has 0 aromatic heterocycles. The third kappa shape index (κ3) is 2.17. The Labute approximate surface area is 95.2 Å². The first-order valence-corrected chi connectivity index (χ1v) is 5.46. The Bertz CT molecular complexity index is 373. The van der Waals surface area contributed by atoms with Crippen molar-refractivity contribution in [2.24, 2.45) is 0 Å². The van der Waals surface area contributed by atoms with Gasteiger partial charge in [0.25, 0.3) is 5.91 Å². The predicted octanol–water partition coefficient (Wildman–Crippen LogP) is 0.883. The standard InChI is InChI=1S/C12H16N2O2/c1-13-12(15)10-4-2-3-5-11(10)14-6-8-16-9-7-14/h2-5H,6-9H2,1H3,(H,13,15). The van der Waals surface area contributed by atoms with Crippen LogP contribution in [0.3, 0.4) is 0 Å². The van der Waals surface area contributed by atoms with Crippen LogP contribution in [0.15, 0.2) is 24.3 Å². The van der Waals surface area contributed by atoms with Crippen LogP contribution in [0.5, 0.6) is 0 Å². The van der Waals surface area contributed by atoms with Gasteiger partial charge in [0, 0.05) is 25.8 Å². The minimum Gasteiger partial charge on any atom is -0.378 e. The van der Waals surface area contributed by atoms with Crippen LogP contribution in [0, 0.1) is 0 Å². The summed E-state index contributed by atoms with van der Waals surface area (Å²) in [5.74, 6) is -0.0397. The highest BCUT2D eigenvalue weighted by atomic mass is 16.5. The molecule has 1 aromatic carbocycles. The molecule has 1 N–H and O–H groups in total. The van der Waals surface area contributed by atoms with Crippen molar-refractivity contribution in [1.29, 1.82) is 0 Å². The quantitative estimate of drug-likeness (QED) is 0.804. The fraction of sp³-hybridized carbons (Fsp3) is 0.417. The number of rotatable bonds is 2. The Kier molecular flexibility index (Phi) is 3.41. The number of amides is 1. The molecule has 4 nitrogen and oxygen atoms in total. The van der Waals surface area contributed by atoms with Crippen molar-refractivity contribution < 1.29 is 9.53 Å². The van der Waals surface area contributed by atoms with Gasteiger partial charge in [-0.15, -0.1) is 0 Å². The van der Waals surface area contributed by atoms with E-state index in [9.17, 15) is 4.79 Å². The van der Waals surface area contributed by atoms with Crippen molar-refractivity contribution in [2.45, 2.75) is 0 Å². The lowest BCUT2D eigenvalue weighted by Crippen LogP contribution is -2.37. The normalized spacial score (nSPS) is 15.9. The van der Waals surface area contributed by atoms with Crippen LogP contribution >= 0.6 is 0 Å². The van der Waals surface area contributed by atoms with E-state index in [-0.39, 0.29) is 5.91 Å². The number of carbonyl (C=O) groups excluding carboxylic acids is 1. The maximum atomic E-state index is 11.7. The Morgan fingerprint density at radius 3 is 2.69 bits per heavy atom. The van der Waals surface area contributed by atoms with E-state index in [0.717, 1.165) is 37.6 Å². The van der Waals surface area contributed by atoms with Gasteiger partial charge in [0.2, 0.25) is 0 Å². The van der Waals surface area contributed by atoms with Crippen molar-refractivity contribution in [3.05, 3.63) is 29.8 Å². The molecule has 0 spiro atoms. The van der Waals surface area contributed by atoms with Gasteiger partial charge < -0.3 is 15.0 Å². The van der Waals surface area contributed by atoms with E-state index < -0.39 is 0 Å². The summed E-state index contributed by atoms with van der Waals surface area (Å²) < 4.78 is 5.31. The number of ether oxygens (including phenoxy) is 1. The molecule has 86 valence electrons. The van der Waals surface area contributed by atoms with Gasteiger partial charge in [-0.2, -0.15) is 0 Å². The second-order valence-electron chi connectivity index (χ2n) is 3.70. The maximum Gasteiger partial charge on any atom is 0.253 e. The maximum absolute atomic E-state index is 11.7. The average Bonchev–Trinajstić information content (AvgIpc) is 2.39. The first kappa shape index (κ1) is 11.0. The molecule has 16 heavy (non-hydrogen) atoms. The van der Waals surface area contributed by atoms with Gasteiger partial charge in [0.05, 0.1) is 18.8 Å². The van der Waals surface area contributed by atoms with Gasteiger partial charge >= 0.3 is 0 Å². The first-order valence-electron chi connectivity index (χ1n) is 5.46. The third-order valence-electron chi connectivity index (χ3n) is 2.73.